The van der Waals surface area contributed by atoms with E-state index in [1.165, 1.54) is 6.20 Å². The number of H-pyrrole nitrogens is 1. The molecule has 3 N–H and O–H groups in total. The number of hydrogen-bond acceptors (Lipinski definition) is 32. The van der Waals surface area contributed by atoms with Crippen LogP contribution in [-0.4, -0.2) is 288 Å². The normalized spacial score (nSPS) is 16.6. The maximum Gasteiger partial charge on any atom is 2.00 e. The Balaban J connectivity index is 0.000000323. The van der Waals surface area contributed by atoms with Crippen LogP contribution in [0.4, 0.5) is 0 Å². The number of aromatic nitrogens is 14. The second kappa shape index (κ2) is 62.1. The van der Waals surface area contributed by atoms with Crippen LogP contribution in [0.15, 0.2) is 123 Å². The number of nitrogens with one attached hydrogen (secondary N) is 1. The predicted octanol–water partition coefficient (Wildman–Crippen LogP) is 10.7. The molecule has 0 aliphatic carbocycles. The van der Waals surface area contributed by atoms with E-state index in [4.69, 9.17) is 85.3 Å². The van der Waals surface area contributed by atoms with E-state index in [-0.39, 0.29) is 70.8 Å². The van der Waals surface area contributed by atoms with Gasteiger partial charge < -0.3 is 113 Å². The van der Waals surface area contributed by atoms with Crippen LogP contribution in [0.5, 0.6) is 5.88 Å². The first-order valence-electron chi connectivity index (χ1n) is 45.3. The Morgan fingerprint density at radius 2 is 1.01 bits per heavy atom. The SMILES string of the molecule is C=C(OC)O[Si](C)(C)C(C)(C)C.CC1(CCCBr)OCCO1.CC1(CCCn2ccc(C=O)n2)OCCO1.CC1(CCCn2ccc(CO)n2)OCCO1.CCOC(=O)c1ccn(CCCC2(C)OCCO2)n1.CCOC(=O)c1ccn[nH]1.CCOC(=O)c1ccnn1CCCC1(C)OCCO1.COc1ccc(C(O)c2ccn(CCCC3(C)OCCO3)n2)cn1.Cc1cc[c-]cn1.[Cl-].[Mg+2]. The zero-order valence-corrected chi connectivity index (χ0v) is 86.7. The van der Waals surface area contributed by atoms with E-state index in [0.29, 0.717) is 144 Å². The molecule has 42 heteroatoms. The molecule has 0 bridgehead atoms. The van der Waals surface area contributed by atoms with Gasteiger partial charge in [-0.05, 0) is 181 Å². The van der Waals surface area contributed by atoms with Crippen molar-refractivity contribution in [3.8, 4) is 5.88 Å². The zero-order chi connectivity index (χ0) is 97.2. The number of aryl methyl sites for hydroxylation is 6. The number of esters is 3. The van der Waals surface area contributed by atoms with Crippen LogP contribution in [0.2, 0.25) is 18.1 Å². The minimum atomic E-state index is -1.71. The Labute approximate surface area is 826 Å². The largest absolute Gasteiger partial charge is 2.00 e. The molecule has 6 aliphatic rings. The smallest absolute Gasteiger partial charge is 1.00 e. The number of ether oxygens (including phenoxy) is 17. The average Bonchev–Trinajstić information content (AvgIpc) is 1.82. The van der Waals surface area contributed by atoms with Crippen molar-refractivity contribution in [2.75, 3.05) is 119 Å². The zero-order valence-electron chi connectivity index (χ0n) is 81.9. The standard InChI is InChI=1S/C17H23N3O4.2C13H20N2O4.C11H18N2O3.C11H16N2O3.C9H20O2Si.C7H13BrO2.C6H8N2O2.C6H6N.ClH.Mg/c1-17(23-10-11-24-17)7-3-8-20-9-6-14(19-20)16(21)13-4-5-15(22-2)18-12-13;1-3-17-12(16)11-5-7-14-15(11)8-4-6-13(2)18-9-10-19-13;1-3-17-12(16)11-5-8-15(14-11)7-4-6-13(2)18-9-10-19-13;2*1-11(15-7-8-16-11)4-2-5-13-6-3-10(9-14)12-13;1-8(10-5)11-12(6,7)9(2,3)4;1-7(3-2-4-8)9-5-6-10-7;1-2-10-6(9)5-3-4-7-8-5;1-6-4-2-3-5-7-6;;/h4-6,9,12,16,21H,3,7-8,10-11H2,1-2H3;5,7H,3-4,6,8-10H2,1-2H3;5,8H,3-4,6-7,9-10H2,1-2H3;3,6,14H,2,4-5,7-9H2,1H3;3,6,9H,2,4-5,7-8H2,1H3;1H2,2-7H3;2-6H2,1H3;3-4H,2H2,1H3,(H,7,8);2,4-5H,1H3;1H;/q;;;;;;;;-1;;+2/p-1. The number of hydrogen-bond donors (Lipinski definition) is 3. The molecule has 0 spiro atoms. The number of pyridine rings is 2. The van der Waals surface area contributed by atoms with Crippen molar-refractivity contribution in [3.63, 3.8) is 0 Å². The summed E-state index contributed by atoms with van der Waals surface area (Å²) < 4.78 is 105. The first kappa shape index (κ1) is 119. The summed E-state index contributed by atoms with van der Waals surface area (Å²) in [7, 11) is 1.42. The molecule has 0 aromatic carbocycles. The van der Waals surface area contributed by atoms with Gasteiger partial charge in [-0.15, -0.1) is 0 Å². The number of aldehydes is 1. The Bertz CT molecular complexity index is 4540. The van der Waals surface area contributed by atoms with Gasteiger partial charge in [0.1, 0.15) is 23.2 Å². The monoisotopic (exact) mass is 2010 g/mol. The molecule has 14 rings (SSSR count). The second-order valence-corrected chi connectivity index (χ2v) is 39.1. The van der Waals surface area contributed by atoms with Crippen LogP contribution in [0.25, 0.3) is 0 Å². The van der Waals surface area contributed by atoms with Gasteiger partial charge in [-0.3, -0.25) is 33.3 Å². The van der Waals surface area contributed by atoms with Crippen molar-refractivity contribution in [1.29, 1.82) is 0 Å². The van der Waals surface area contributed by atoms with Gasteiger partial charge in [-0.2, -0.15) is 36.7 Å². The molecule has 1 unspecified atom stereocenters. The van der Waals surface area contributed by atoms with Crippen LogP contribution >= 0.6 is 15.9 Å². The number of aromatic amines is 1. The van der Waals surface area contributed by atoms with Crippen molar-refractivity contribution < 1.29 is 127 Å². The van der Waals surface area contributed by atoms with Crippen LogP contribution in [0.1, 0.15) is 231 Å². The van der Waals surface area contributed by atoms with Crippen molar-refractivity contribution in [2.45, 2.75) is 265 Å². The molecule has 1 atom stereocenters. The molecule has 38 nitrogen and oxygen atoms in total. The number of halogens is 2. The fraction of sp³-hybridized carbons (Fsp3) is 0.634. The third-order valence-corrected chi connectivity index (χ3v) is 26.5. The van der Waals surface area contributed by atoms with E-state index in [0.717, 1.165) is 134 Å². The summed E-state index contributed by atoms with van der Waals surface area (Å²) in [5.41, 5.74) is 4.73. The van der Waals surface area contributed by atoms with Gasteiger partial charge in [0.15, 0.2) is 46.7 Å². The fourth-order valence-electron chi connectivity index (χ4n) is 13.2. The van der Waals surface area contributed by atoms with Gasteiger partial charge in [0, 0.05) is 132 Å². The number of alkyl halides is 1. The van der Waals surface area contributed by atoms with Crippen LogP contribution < -0.4 is 17.1 Å². The van der Waals surface area contributed by atoms with Gasteiger partial charge in [-0.25, -0.2) is 31.5 Å². The summed E-state index contributed by atoms with van der Waals surface area (Å²) in [4.78, 5) is 52.4. The van der Waals surface area contributed by atoms with Crippen LogP contribution in [-0.2, 0) is 120 Å². The molecule has 135 heavy (non-hydrogen) atoms. The predicted molar refractivity (Wildman–Crippen MR) is 503 cm³/mol. The van der Waals surface area contributed by atoms with Crippen LogP contribution in [0.3, 0.4) is 0 Å². The van der Waals surface area contributed by atoms with E-state index in [1.807, 2.05) is 101 Å². The van der Waals surface area contributed by atoms with E-state index in [1.54, 1.807) is 110 Å². The second-order valence-electron chi connectivity index (χ2n) is 33.6. The Morgan fingerprint density at radius 3 is 1.39 bits per heavy atom. The van der Waals surface area contributed by atoms with Gasteiger partial charge in [0.2, 0.25) is 5.88 Å². The minimum absolute atomic E-state index is 0. The average molecular weight is 2010 g/mol. The molecule has 750 valence electrons. The summed E-state index contributed by atoms with van der Waals surface area (Å²) in [6.45, 7) is 46.6. The summed E-state index contributed by atoms with van der Waals surface area (Å²) in [5.74, 6) is -2.67. The summed E-state index contributed by atoms with van der Waals surface area (Å²) in [6, 6.07) is 20.3. The van der Waals surface area contributed by atoms with E-state index >= 15 is 0 Å². The molecule has 0 amide bonds. The third-order valence-electron chi connectivity index (χ3n) is 21.6. The van der Waals surface area contributed by atoms with Gasteiger partial charge in [0.05, 0.1) is 131 Å². The summed E-state index contributed by atoms with van der Waals surface area (Å²) >= 11 is 3.37. The Morgan fingerprint density at radius 1 is 0.570 bits per heavy atom. The van der Waals surface area contributed by atoms with Gasteiger partial charge in [0.25, 0.3) is 14.3 Å². The number of methoxy groups -OCH3 is 2. The quantitative estimate of drug-likeness (QED) is 0.00619. The molecule has 6 aliphatic heterocycles. The molecule has 0 saturated carbocycles. The fourth-order valence-corrected chi connectivity index (χ4v) is 14.4. The number of rotatable bonds is 37. The van der Waals surface area contributed by atoms with E-state index in [9.17, 15) is 24.3 Å². The van der Waals surface area contributed by atoms with E-state index in [2.05, 4.69) is 113 Å². The molecule has 0 radical (unpaired) electrons. The topological polar surface area (TPSA) is 418 Å². The van der Waals surface area contributed by atoms with Crippen LogP contribution in [0, 0.1) is 13.0 Å². The molecule has 6 saturated heterocycles. The van der Waals surface area contributed by atoms with Crippen molar-refractivity contribution >= 4 is 71.5 Å². The molecule has 8 aromatic rings. The number of aliphatic hydroxyl groups excluding tert-OH is 2. The first-order chi connectivity index (χ1) is 63.5. The summed E-state index contributed by atoms with van der Waals surface area (Å²) in [5, 5.41) is 47.7. The Hall–Kier alpha value is -8.03. The van der Waals surface area contributed by atoms with Crippen molar-refractivity contribution in [3.05, 3.63) is 174 Å². The maximum absolute atomic E-state index is 11.7. The Kier molecular flexibility index (Phi) is 54.9. The molecule has 6 fully saturated rings. The molecule has 8 aromatic heterocycles. The van der Waals surface area contributed by atoms with Crippen molar-refractivity contribution in [1.82, 2.24) is 69.1 Å². The van der Waals surface area contributed by atoms with Crippen molar-refractivity contribution in [2.24, 2.45) is 0 Å². The number of carbonyl (C=O) groups excluding carboxylic acids is 4. The van der Waals surface area contributed by atoms with Gasteiger partial charge >= 0.3 is 41.0 Å². The molecular formula is C93H144BrClMgN14O24Si. The summed E-state index contributed by atoms with van der Waals surface area (Å²) in [6.07, 6.45) is 24.3. The molecule has 14 heterocycles. The van der Waals surface area contributed by atoms with E-state index < -0.39 is 43.4 Å². The minimum Gasteiger partial charge on any atom is -1.00 e. The maximum atomic E-state index is 11.7. The molecular weight excluding hydrogens is 1860 g/mol. The van der Waals surface area contributed by atoms with Gasteiger partial charge in [-0.1, -0.05) is 42.9 Å². The third kappa shape index (κ3) is 44.8. The first-order valence-corrected chi connectivity index (χ1v) is 49.4. The number of carbonyl (C=O) groups is 4. The number of aliphatic hydroxyl groups is 2. The number of nitrogens with zero attached hydrogens (tertiary/aromatic N) is 13.